The number of nitrogens with zero attached hydrogens (tertiary/aromatic N) is 1. The molecule has 0 atom stereocenters. The van der Waals surface area contributed by atoms with Crippen LogP contribution in [0.5, 0.6) is 0 Å². The molecule has 2 rings (SSSR count). The molecule has 0 saturated heterocycles. The maximum absolute atomic E-state index is 10.7. The Labute approximate surface area is 93.7 Å². The van der Waals surface area contributed by atoms with E-state index in [9.17, 15) is 4.79 Å². The van der Waals surface area contributed by atoms with E-state index in [4.69, 9.17) is 4.42 Å². The summed E-state index contributed by atoms with van der Waals surface area (Å²) < 4.78 is 5.38. The summed E-state index contributed by atoms with van der Waals surface area (Å²) in [4.78, 5) is 15.0. The number of carbonyl (C=O) groups excluding carboxylic acids is 1. The fourth-order valence-corrected chi connectivity index (χ4v) is 1.63. The van der Waals surface area contributed by atoms with Crippen LogP contribution in [0, 0.1) is 6.92 Å². The number of hydrogen-bond donors (Lipinski definition) is 1. The molecule has 0 spiro atoms. The highest BCUT2D eigenvalue weighted by Gasteiger charge is 2.03. The minimum absolute atomic E-state index is 0.00152. The average Bonchev–Trinajstić information content (AvgIpc) is 2.56. The van der Waals surface area contributed by atoms with Crippen molar-refractivity contribution in [1.82, 2.24) is 10.3 Å². The number of fused-ring (bicyclic) bond motifs is 1. The molecule has 4 heteroatoms. The lowest BCUT2D eigenvalue weighted by atomic mass is 10.1. The maximum Gasteiger partial charge on any atom is 0.216 e. The third kappa shape index (κ3) is 2.39. The van der Waals surface area contributed by atoms with Gasteiger partial charge in [0.05, 0.1) is 0 Å². The standard InChI is InChI=1S/C12H14N2O2/c1-8(15)13-6-5-10-3-4-12-11(7-10)14-9(2)16-12/h3-4,7H,5-6H2,1-2H3,(H,13,15). The number of benzene rings is 1. The van der Waals surface area contributed by atoms with E-state index in [1.807, 2.05) is 25.1 Å². The Bertz CT molecular complexity index is 517. The zero-order valence-electron chi connectivity index (χ0n) is 9.41. The van der Waals surface area contributed by atoms with Crippen LogP contribution in [-0.4, -0.2) is 17.4 Å². The van der Waals surface area contributed by atoms with Crippen LogP contribution in [-0.2, 0) is 11.2 Å². The van der Waals surface area contributed by atoms with E-state index in [0.29, 0.717) is 12.4 Å². The van der Waals surface area contributed by atoms with Gasteiger partial charge in [-0.05, 0) is 24.1 Å². The average molecular weight is 218 g/mol. The number of oxazole rings is 1. The van der Waals surface area contributed by atoms with Gasteiger partial charge in [0.25, 0.3) is 0 Å². The van der Waals surface area contributed by atoms with Crippen molar-refractivity contribution in [3.63, 3.8) is 0 Å². The van der Waals surface area contributed by atoms with Gasteiger partial charge in [0, 0.05) is 20.4 Å². The molecule has 2 aromatic rings. The predicted molar refractivity (Wildman–Crippen MR) is 61.1 cm³/mol. The number of amides is 1. The molecule has 1 aromatic carbocycles. The third-order valence-corrected chi connectivity index (χ3v) is 2.35. The molecule has 0 fully saturated rings. The number of nitrogens with one attached hydrogen (secondary N) is 1. The summed E-state index contributed by atoms with van der Waals surface area (Å²) in [5.74, 6) is 0.673. The van der Waals surface area contributed by atoms with Crippen LogP contribution in [0.3, 0.4) is 0 Å². The van der Waals surface area contributed by atoms with Gasteiger partial charge in [0.2, 0.25) is 5.91 Å². The molecule has 0 aliphatic carbocycles. The second kappa shape index (κ2) is 4.35. The van der Waals surface area contributed by atoms with Crippen LogP contribution in [0.25, 0.3) is 11.1 Å². The fraction of sp³-hybridized carbons (Fsp3) is 0.333. The van der Waals surface area contributed by atoms with E-state index in [0.717, 1.165) is 23.1 Å². The summed E-state index contributed by atoms with van der Waals surface area (Å²) in [5.41, 5.74) is 2.83. The Kier molecular flexibility index (Phi) is 2.90. The second-order valence-electron chi connectivity index (χ2n) is 3.77. The van der Waals surface area contributed by atoms with Crippen LogP contribution in [0.4, 0.5) is 0 Å². The van der Waals surface area contributed by atoms with Crippen LogP contribution in [0.15, 0.2) is 22.6 Å². The molecule has 84 valence electrons. The summed E-state index contributed by atoms with van der Waals surface area (Å²) in [6.45, 7) is 4.00. The Morgan fingerprint density at radius 3 is 3.06 bits per heavy atom. The zero-order valence-corrected chi connectivity index (χ0v) is 9.41. The van der Waals surface area contributed by atoms with E-state index in [-0.39, 0.29) is 5.91 Å². The lowest BCUT2D eigenvalue weighted by Gasteiger charge is -2.01. The first-order valence-electron chi connectivity index (χ1n) is 5.25. The largest absolute Gasteiger partial charge is 0.441 e. The monoisotopic (exact) mass is 218 g/mol. The van der Waals surface area contributed by atoms with Gasteiger partial charge in [-0.3, -0.25) is 4.79 Å². The molecule has 0 saturated carbocycles. The molecule has 16 heavy (non-hydrogen) atoms. The maximum atomic E-state index is 10.7. The molecule has 0 aliphatic heterocycles. The lowest BCUT2D eigenvalue weighted by Crippen LogP contribution is -2.22. The summed E-state index contributed by atoms with van der Waals surface area (Å²) in [6, 6.07) is 5.90. The molecule has 0 unspecified atom stereocenters. The minimum Gasteiger partial charge on any atom is -0.441 e. The molecule has 1 heterocycles. The Morgan fingerprint density at radius 2 is 2.31 bits per heavy atom. The number of aryl methyl sites for hydroxylation is 1. The number of rotatable bonds is 3. The van der Waals surface area contributed by atoms with Gasteiger partial charge in [0.1, 0.15) is 5.52 Å². The fourth-order valence-electron chi connectivity index (χ4n) is 1.63. The summed E-state index contributed by atoms with van der Waals surface area (Å²) in [7, 11) is 0. The molecule has 1 amide bonds. The van der Waals surface area contributed by atoms with Gasteiger partial charge in [0.15, 0.2) is 11.5 Å². The summed E-state index contributed by atoms with van der Waals surface area (Å²) in [6.07, 6.45) is 0.807. The van der Waals surface area contributed by atoms with Crippen molar-refractivity contribution < 1.29 is 9.21 Å². The van der Waals surface area contributed by atoms with Crippen molar-refractivity contribution in [3.05, 3.63) is 29.7 Å². The van der Waals surface area contributed by atoms with E-state index >= 15 is 0 Å². The smallest absolute Gasteiger partial charge is 0.216 e. The van der Waals surface area contributed by atoms with Crippen LogP contribution in [0.2, 0.25) is 0 Å². The van der Waals surface area contributed by atoms with Crippen molar-refractivity contribution in [2.24, 2.45) is 0 Å². The van der Waals surface area contributed by atoms with Gasteiger partial charge in [-0.2, -0.15) is 0 Å². The lowest BCUT2D eigenvalue weighted by molar-refractivity contribution is -0.118. The first-order chi connectivity index (χ1) is 7.65. The molecule has 0 aliphatic rings. The first kappa shape index (κ1) is 10.7. The molecule has 1 aromatic heterocycles. The van der Waals surface area contributed by atoms with E-state index < -0.39 is 0 Å². The van der Waals surface area contributed by atoms with Gasteiger partial charge in [-0.25, -0.2) is 4.98 Å². The molecule has 0 radical (unpaired) electrons. The van der Waals surface area contributed by atoms with Crippen LogP contribution in [0.1, 0.15) is 18.4 Å². The topological polar surface area (TPSA) is 55.1 Å². The minimum atomic E-state index is -0.00152. The molecular weight excluding hydrogens is 204 g/mol. The Balaban J connectivity index is 2.10. The summed E-state index contributed by atoms with van der Waals surface area (Å²) in [5, 5.41) is 2.76. The highest BCUT2D eigenvalue weighted by atomic mass is 16.3. The van der Waals surface area contributed by atoms with Crippen molar-refractivity contribution in [2.75, 3.05) is 6.54 Å². The van der Waals surface area contributed by atoms with Crippen LogP contribution >= 0.6 is 0 Å². The van der Waals surface area contributed by atoms with Crippen LogP contribution < -0.4 is 5.32 Å². The van der Waals surface area contributed by atoms with E-state index in [1.54, 1.807) is 0 Å². The Morgan fingerprint density at radius 1 is 1.50 bits per heavy atom. The van der Waals surface area contributed by atoms with E-state index in [2.05, 4.69) is 10.3 Å². The molecule has 0 bridgehead atoms. The molecule has 1 N–H and O–H groups in total. The van der Waals surface area contributed by atoms with Gasteiger partial charge < -0.3 is 9.73 Å². The highest BCUT2D eigenvalue weighted by molar-refractivity contribution is 5.74. The van der Waals surface area contributed by atoms with Gasteiger partial charge >= 0.3 is 0 Å². The van der Waals surface area contributed by atoms with Gasteiger partial charge in [-0.1, -0.05) is 6.07 Å². The third-order valence-electron chi connectivity index (χ3n) is 2.35. The van der Waals surface area contributed by atoms with Gasteiger partial charge in [-0.15, -0.1) is 0 Å². The molecule has 4 nitrogen and oxygen atoms in total. The van der Waals surface area contributed by atoms with Crippen molar-refractivity contribution in [3.8, 4) is 0 Å². The zero-order chi connectivity index (χ0) is 11.5. The predicted octanol–water partition coefficient (Wildman–Crippen LogP) is 1.81. The molecular formula is C12H14N2O2. The number of carbonyl (C=O) groups is 1. The highest BCUT2D eigenvalue weighted by Crippen LogP contribution is 2.16. The SMILES string of the molecule is CC(=O)NCCc1ccc2oc(C)nc2c1. The number of hydrogen-bond acceptors (Lipinski definition) is 3. The van der Waals surface area contributed by atoms with Crippen molar-refractivity contribution in [2.45, 2.75) is 20.3 Å². The first-order valence-corrected chi connectivity index (χ1v) is 5.25. The Hall–Kier alpha value is -1.84. The number of aromatic nitrogens is 1. The van der Waals surface area contributed by atoms with E-state index in [1.165, 1.54) is 6.92 Å². The second-order valence-corrected chi connectivity index (χ2v) is 3.77. The normalized spacial score (nSPS) is 10.6. The summed E-state index contributed by atoms with van der Waals surface area (Å²) >= 11 is 0. The van der Waals surface area contributed by atoms with Crippen molar-refractivity contribution >= 4 is 17.0 Å². The van der Waals surface area contributed by atoms with Crippen molar-refractivity contribution in [1.29, 1.82) is 0 Å². The quantitative estimate of drug-likeness (QED) is 0.854.